The number of carbonyl (C=O) groups is 1. The number of aromatic nitrogens is 1. The summed E-state index contributed by atoms with van der Waals surface area (Å²) in [7, 11) is 4.65. The van der Waals surface area contributed by atoms with E-state index < -0.39 is 0 Å². The number of nitrogens with one attached hydrogen (secondary N) is 1. The summed E-state index contributed by atoms with van der Waals surface area (Å²) in [6.45, 7) is 7.18. The third kappa shape index (κ3) is 5.72. The van der Waals surface area contributed by atoms with Crippen LogP contribution in [0.5, 0.6) is 17.2 Å². The van der Waals surface area contributed by atoms with Crippen LogP contribution in [0.2, 0.25) is 0 Å². The van der Waals surface area contributed by atoms with E-state index in [2.05, 4.69) is 29.8 Å². The number of aromatic amines is 1. The number of Topliss-reactive ketones (excluding diaryl/α,β-unsaturated/α-hetero) is 1. The molecule has 176 valence electrons. The normalized spacial score (nSPS) is 11.8. The maximum absolute atomic E-state index is 13.7. The van der Waals surface area contributed by atoms with Gasteiger partial charge >= 0.3 is 0 Å². The Morgan fingerprint density at radius 3 is 2.30 bits per heavy atom. The minimum Gasteiger partial charge on any atom is -0.493 e. The minimum atomic E-state index is -0.0796. The van der Waals surface area contributed by atoms with Crippen molar-refractivity contribution in [3.05, 3.63) is 58.6 Å². The molecule has 0 atom stereocenters. The van der Waals surface area contributed by atoms with Crippen LogP contribution in [-0.4, -0.2) is 62.4 Å². The number of ether oxygens (including phenoxy) is 3. The van der Waals surface area contributed by atoms with Crippen molar-refractivity contribution in [2.75, 3.05) is 46.7 Å². The van der Waals surface area contributed by atoms with Crippen LogP contribution in [0.25, 0.3) is 17.0 Å². The van der Waals surface area contributed by atoms with E-state index in [0.29, 0.717) is 27.7 Å². The minimum absolute atomic E-state index is 0.0796. The van der Waals surface area contributed by atoms with Gasteiger partial charge in [-0.15, -0.1) is 11.8 Å². The number of hydrogen-bond donors (Lipinski definition) is 1. The Bertz CT molecular complexity index is 1090. The zero-order valence-electron chi connectivity index (χ0n) is 19.9. The van der Waals surface area contributed by atoms with Gasteiger partial charge in [-0.2, -0.15) is 0 Å². The van der Waals surface area contributed by atoms with Gasteiger partial charge in [0.2, 0.25) is 5.75 Å². The van der Waals surface area contributed by atoms with Gasteiger partial charge in [-0.25, -0.2) is 0 Å². The zero-order valence-corrected chi connectivity index (χ0v) is 20.8. The van der Waals surface area contributed by atoms with Crippen LogP contribution in [-0.2, 0) is 0 Å². The van der Waals surface area contributed by atoms with E-state index in [1.54, 1.807) is 45.2 Å². The van der Waals surface area contributed by atoms with Gasteiger partial charge in [0.1, 0.15) is 0 Å². The van der Waals surface area contributed by atoms with Gasteiger partial charge < -0.3 is 24.1 Å². The third-order valence-corrected chi connectivity index (χ3v) is 6.62. The van der Waals surface area contributed by atoms with E-state index in [1.807, 2.05) is 30.5 Å². The van der Waals surface area contributed by atoms with Crippen molar-refractivity contribution in [1.29, 1.82) is 0 Å². The lowest BCUT2D eigenvalue weighted by Gasteiger charge is -2.18. The summed E-state index contributed by atoms with van der Waals surface area (Å²) in [4.78, 5) is 20.0. The van der Waals surface area contributed by atoms with E-state index in [9.17, 15) is 4.79 Å². The number of nitrogens with zero attached hydrogens (tertiary/aromatic N) is 1. The molecule has 1 heterocycles. The van der Waals surface area contributed by atoms with Gasteiger partial charge in [0, 0.05) is 40.5 Å². The molecule has 0 aliphatic heterocycles. The Balaban J connectivity index is 2.00. The third-order valence-electron chi connectivity index (χ3n) is 5.62. The number of hydrogen-bond acceptors (Lipinski definition) is 6. The lowest BCUT2D eigenvalue weighted by Crippen LogP contribution is -2.25. The fourth-order valence-electron chi connectivity index (χ4n) is 3.71. The molecule has 0 unspecified atom stereocenters. The highest BCUT2D eigenvalue weighted by Crippen LogP contribution is 2.39. The predicted molar refractivity (Wildman–Crippen MR) is 137 cm³/mol. The number of rotatable bonds is 12. The van der Waals surface area contributed by atoms with Gasteiger partial charge in [-0.3, -0.25) is 4.79 Å². The van der Waals surface area contributed by atoms with Crippen molar-refractivity contribution in [3.8, 4) is 17.2 Å². The van der Waals surface area contributed by atoms with Crippen LogP contribution < -0.4 is 14.2 Å². The highest BCUT2D eigenvalue weighted by molar-refractivity contribution is 8.04. The molecule has 0 saturated heterocycles. The summed E-state index contributed by atoms with van der Waals surface area (Å²) in [6.07, 6.45) is 3.91. The molecule has 0 radical (unpaired) electrons. The molecule has 0 saturated carbocycles. The summed E-state index contributed by atoms with van der Waals surface area (Å²) < 4.78 is 16.3. The van der Waals surface area contributed by atoms with Gasteiger partial charge in [-0.05, 0) is 37.4 Å². The Morgan fingerprint density at radius 1 is 1.03 bits per heavy atom. The lowest BCUT2D eigenvalue weighted by atomic mass is 10.1. The Kier molecular flexibility index (Phi) is 8.86. The number of benzene rings is 2. The van der Waals surface area contributed by atoms with E-state index in [1.165, 1.54) is 0 Å². The van der Waals surface area contributed by atoms with Crippen molar-refractivity contribution in [2.45, 2.75) is 13.8 Å². The molecule has 0 spiro atoms. The maximum atomic E-state index is 13.7. The SMILES string of the molecule is CCN(CC)CCS/C(=C\c1c[nH]c2ccccc12)C(=O)c1cc(OC)c(OC)c(OC)c1. The number of thioether (sulfide) groups is 1. The van der Waals surface area contributed by atoms with Crippen LogP contribution in [0.1, 0.15) is 29.8 Å². The highest BCUT2D eigenvalue weighted by atomic mass is 32.2. The van der Waals surface area contributed by atoms with Crippen molar-refractivity contribution in [2.24, 2.45) is 0 Å². The second-order valence-corrected chi connectivity index (χ2v) is 8.55. The summed E-state index contributed by atoms with van der Waals surface area (Å²) in [5, 5.41) is 1.08. The van der Waals surface area contributed by atoms with E-state index >= 15 is 0 Å². The van der Waals surface area contributed by atoms with Crippen molar-refractivity contribution < 1.29 is 19.0 Å². The number of carbonyl (C=O) groups excluding carboxylic acids is 1. The molecule has 0 aliphatic rings. The Morgan fingerprint density at radius 2 is 1.70 bits per heavy atom. The second kappa shape index (κ2) is 11.8. The molecule has 0 amide bonds. The van der Waals surface area contributed by atoms with E-state index in [4.69, 9.17) is 14.2 Å². The maximum Gasteiger partial charge on any atom is 0.203 e. The predicted octanol–water partition coefficient (Wildman–Crippen LogP) is 5.49. The summed E-state index contributed by atoms with van der Waals surface area (Å²) in [6, 6.07) is 11.5. The Hall–Kier alpha value is -2.90. The first-order valence-corrected chi connectivity index (χ1v) is 12.0. The van der Waals surface area contributed by atoms with Gasteiger partial charge in [0.25, 0.3) is 0 Å². The van der Waals surface area contributed by atoms with Crippen LogP contribution in [0.3, 0.4) is 0 Å². The number of H-pyrrole nitrogens is 1. The fraction of sp³-hybridized carbons (Fsp3) is 0.346. The number of ketones is 1. The first-order valence-electron chi connectivity index (χ1n) is 11.0. The molecule has 1 aromatic heterocycles. The molecule has 0 fully saturated rings. The van der Waals surface area contributed by atoms with Gasteiger partial charge in [-0.1, -0.05) is 32.0 Å². The second-order valence-electron chi connectivity index (χ2n) is 7.42. The molecule has 0 aliphatic carbocycles. The quantitative estimate of drug-likeness (QED) is 0.280. The molecule has 33 heavy (non-hydrogen) atoms. The van der Waals surface area contributed by atoms with Crippen LogP contribution >= 0.6 is 11.8 Å². The monoisotopic (exact) mass is 468 g/mol. The average Bonchev–Trinajstić information content (AvgIpc) is 3.27. The number of methoxy groups -OCH3 is 3. The number of para-hydroxylation sites is 1. The molecular formula is C26H32N2O4S. The zero-order chi connectivity index (χ0) is 23.8. The number of allylic oxidation sites excluding steroid dienone is 1. The molecular weight excluding hydrogens is 436 g/mol. The molecule has 6 nitrogen and oxygen atoms in total. The van der Waals surface area contributed by atoms with Crippen LogP contribution in [0.15, 0.2) is 47.5 Å². The lowest BCUT2D eigenvalue weighted by molar-refractivity contribution is 0.104. The average molecular weight is 469 g/mol. The molecule has 0 bridgehead atoms. The summed E-state index contributed by atoms with van der Waals surface area (Å²) in [5.74, 6) is 2.11. The van der Waals surface area contributed by atoms with Crippen molar-refractivity contribution in [3.63, 3.8) is 0 Å². The van der Waals surface area contributed by atoms with Crippen molar-refractivity contribution in [1.82, 2.24) is 9.88 Å². The topological polar surface area (TPSA) is 63.8 Å². The Labute approximate surface area is 199 Å². The largest absolute Gasteiger partial charge is 0.493 e. The van der Waals surface area contributed by atoms with Gasteiger partial charge in [0.15, 0.2) is 17.3 Å². The van der Waals surface area contributed by atoms with Crippen LogP contribution in [0, 0.1) is 0 Å². The van der Waals surface area contributed by atoms with Gasteiger partial charge in [0.05, 0.1) is 26.2 Å². The standard InChI is InChI=1S/C26H32N2O4S/c1-6-28(7-2)12-13-33-24(16-19-17-27-21-11-9-8-10-20(19)21)25(29)18-14-22(30-3)26(32-5)23(15-18)31-4/h8-11,14-17,27H,6-7,12-13H2,1-5H3/b24-16-. The smallest absolute Gasteiger partial charge is 0.203 e. The highest BCUT2D eigenvalue weighted by Gasteiger charge is 2.20. The first-order chi connectivity index (χ1) is 16.1. The molecule has 7 heteroatoms. The summed E-state index contributed by atoms with van der Waals surface area (Å²) in [5.41, 5.74) is 2.51. The van der Waals surface area contributed by atoms with E-state index in [-0.39, 0.29) is 5.78 Å². The molecule has 1 N–H and O–H groups in total. The molecule has 3 rings (SSSR count). The molecule has 2 aromatic carbocycles. The van der Waals surface area contributed by atoms with Crippen LogP contribution in [0.4, 0.5) is 0 Å². The van der Waals surface area contributed by atoms with Crippen molar-refractivity contribution >= 4 is 34.5 Å². The number of fused-ring (bicyclic) bond motifs is 1. The first kappa shape index (κ1) is 24.7. The fourth-order valence-corrected chi connectivity index (χ4v) is 4.73. The summed E-state index contributed by atoms with van der Waals surface area (Å²) >= 11 is 1.57. The molecule has 3 aromatic rings. The van der Waals surface area contributed by atoms with E-state index in [0.717, 1.165) is 41.9 Å².